The minimum absolute atomic E-state index is 0.0664. The molecule has 0 fully saturated rings. The summed E-state index contributed by atoms with van der Waals surface area (Å²) < 4.78 is 0. The van der Waals surface area contributed by atoms with Gasteiger partial charge in [-0.1, -0.05) is 19.8 Å². The van der Waals surface area contributed by atoms with Gasteiger partial charge in [-0.2, -0.15) is 0 Å². The van der Waals surface area contributed by atoms with Crippen LogP contribution in [0.1, 0.15) is 39.5 Å². The summed E-state index contributed by atoms with van der Waals surface area (Å²) in [5, 5.41) is 0. The van der Waals surface area contributed by atoms with Gasteiger partial charge in [0, 0.05) is 6.08 Å². The van der Waals surface area contributed by atoms with E-state index in [1.54, 1.807) is 0 Å². The second-order valence-corrected chi connectivity index (χ2v) is 2.62. The van der Waals surface area contributed by atoms with Crippen molar-refractivity contribution in [3.05, 3.63) is 17.9 Å². The molecule has 0 atom stereocenters. The first-order chi connectivity index (χ1) is 5.27. The molecule has 0 bridgehead atoms. The van der Waals surface area contributed by atoms with E-state index in [2.05, 4.69) is 12.7 Å². The summed E-state index contributed by atoms with van der Waals surface area (Å²) in [5.74, 6) is 0.0664. The lowest BCUT2D eigenvalue weighted by Gasteiger charge is -1.88. The first kappa shape index (κ1) is 10.2. The molecule has 0 radical (unpaired) electrons. The Balaban J connectivity index is 3.36. The minimum atomic E-state index is 0.0664. The number of rotatable bonds is 5. The van der Waals surface area contributed by atoms with Crippen LogP contribution in [0.4, 0.5) is 0 Å². The predicted molar refractivity (Wildman–Crippen MR) is 47.5 cm³/mol. The van der Waals surface area contributed by atoms with Gasteiger partial charge >= 0.3 is 0 Å². The van der Waals surface area contributed by atoms with Crippen LogP contribution in [-0.4, -0.2) is 5.78 Å². The lowest BCUT2D eigenvalue weighted by molar-refractivity contribution is -0.112. The van der Waals surface area contributed by atoms with Gasteiger partial charge in [0.2, 0.25) is 0 Å². The molecule has 0 aliphatic carbocycles. The van der Waals surface area contributed by atoms with Crippen LogP contribution in [0.25, 0.3) is 0 Å². The number of hydrogen-bond donors (Lipinski definition) is 0. The molecular weight excluding hydrogens is 136 g/mol. The van der Waals surface area contributed by atoms with Crippen molar-refractivity contribution >= 4 is 5.78 Å². The van der Waals surface area contributed by atoms with Gasteiger partial charge in [0.25, 0.3) is 0 Å². The van der Waals surface area contributed by atoms with E-state index in [4.69, 9.17) is 0 Å². The first-order valence-corrected chi connectivity index (χ1v) is 4.19. The van der Waals surface area contributed by atoms with Gasteiger partial charge in [0.15, 0.2) is 5.78 Å². The molecule has 0 aliphatic rings. The Kier molecular flexibility index (Phi) is 6.76. The highest BCUT2D eigenvalue weighted by Gasteiger charge is 1.80. The number of ketones is 1. The quantitative estimate of drug-likeness (QED) is 0.336. The van der Waals surface area contributed by atoms with Crippen molar-refractivity contribution in [3.63, 3.8) is 0 Å². The fourth-order valence-corrected chi connectivity index (χ4v) is 0.756. The molecule has 1 heteroatoms. The van der Waals surface area contributed by atoms with Gasteiger partial charge in [0.05, 0.1) is 0 Å². The van der Waals surface area contributed by atoms with Crippen molar-refractivity contribution in [2.75, 3.05) is 0 Å². The summed E-state index contributed by atoms with van der Waals surface area (Å²) in [5.41, 5.74) is 2.84. The van der Waals surface area contributed by atoms with Gasteiger partial charge in [0.1, 0.15) is 0 Å². The second kappa shape index (κ2) is 7.30. The Morgan fingerprint density at radius 3 is 2.73 bits per heavy atom. The van der Waals surface area contributed by atoms with Crippen molar-refractivity contribution in [1.29, 1.82) is 0 Å². The van der Waals surface area contributed by atoms with Crippen LogP contribution >= 0.6 is 0 Å². The lowest BCUT2D eigenvalue weighted by atomic mass is 10.2. The molecule has 62 valence electrons. The van der Waals surface area contributed by atoms with Crippen LogP contribution in [-0.2, 0) is 4.79 Å². The standard InChI is InChI=1S/C10H16O/c1-3-4-5-6-7-8-9-10(2)11/h7,9H,3-6H2,1-2H3. The van der Waals surface area contributed by atoms with Crippen LogP contribution in [0.2, 0.25) is 0 Å². The highest BCUT2D eigenvalue weighted by Crippen LogP contribution is 1.98. The lowest BCUT2D eigenvalue weighted by Crippen LogP contribution is -1.76. The zero-order valence-electron chi connectivity index (χ0n) is 7.39. The summed E-state index contributed by atoms with van der Waals surface area (Å²) in [4.78, 5) is 10.4. The van der Waals surface area contributed by atoms with E-state index in [1.165, 1.54) is 32.3 Å². The molecule has 0 rings (SSSR count). The van der Waals surface area contributed by atoms with Crippen LogP contribution < -0.4 is 0 Å². The predicted octanol–water partition coefficient (Wildman–Crippen LogP) is 2.87. The maximum Gasteiger partial charge on any atom is 0.160 e. The maximum absolute atomic E-state index is 10.4. The number of unbranched alkanes of at least 4 members (excludes halogenated alkanes) is 3. The topological polar surface area (TPSA) is 17.1 Å². The van der Waals surface area contributed by atoms with Crippen molar-refractivity contribution in [2.24, 2.45) is 0 Å². The molecule has 0 saturated heterocycles. The Bertz CT molecular complexity index is 162. The van der Waals surface area contributed by atoms with E-state index in [1.807, 2.05) is 6.08 Å². The van der Waals surface area contributed by atoms with Crippen LogP contribution in [0, 0.1) is 0 Å². The first-order valence-electron chi connectivity index (χ1n) is 4.19. The molecule has 0 heterocycles. The third-order valence-electron chi connectivity index (χ3n) is 1.36. The van der Waals surface area contributed by atoms with Crippen LogP contribution in [0.3, 0.4) is 0 Å². The van der Waals surface area contributed by atoms with Gasteiger partial charge in [-0.05, 0) is 25.8 Å². The van der Waals surface area contributed by atoms with Gasteiger partial charge < -0.3 is 0 Å². The summed E-state index contributed by atoms with van der Waals surface area (Å²) >= 11 is 0. The molecule has 0 spiro atoms. The van der Waals surface area contributed by atoms with Gasteiger partial charge in [-0.3, -0.25) is 4.79 Å². The van der Waals surface area contributed by atoms with Crippen LogP contribution in [0.15, 0.2) is 17.9 Å². The number of hydrogen-bond acceptors (Lipinski definition) is 1. The average molecular weight is 152 g/mol. The Morgan fingerprint density at radius 2 is 2.18 bits per heavy atom. The monoisotopic (exact) mass is 152 g/mol. The van der Waals surface area contributed by atoms with Crippen molar-refractivity contribution in [3.8, 4) is 0 Å². The van der Waals surface area contributed by atoms with E-state index < -0.39 is 0 Å². The fourth-order valence-electron chi connectivity index (χ4n) is 0.756. The molecule has 0 aromatic rings. The van der Waals surface area contributed by atoms with E-state index in [-0.39, 0.29) is 5.78 Å². The Hall–Kier alpha value is -0.810. The SMILES string of the molecule is CCCCCC=C=CC(C)=O. The average Bonchev–Trinajstić information content (AvgIpc) is 1.96. The Morgan fingerprint density at radius 1 is 1.45 bits per heavy atom. The maximum atomic E-state index is 10.4. The molecule has 0 aliphatic heterocycles. The van der Waals surface area contributed by atoms with E-state index >= 15 is 0 Å². The highest BCUT2D eigenvalue weighted by atomic mass is 16.1. The summed E-state index contributed by atoms with van der Waals surface area (Å²) in [6.07, 6.45) is 8.15. The molecule has 11 heavy (non-hydrogen) atoms. The zero-order chi connectivity index (χ0) is 8.53. The normalized spacial score (nSPS) is 8.55. The Labute approximate surface area is 68.8 Å². The van der Waals surface area contributed by atoms with Crippen LogP contribution in [0.5, 0.6) is 0 Å². The minimum Gasteiger partial charge on any atom is -0.294 e. The molecule has 1 nitrogen and oxygen atoms in total. The largest absolute Gasteiger partial charge is 0.294 e. The molecule has 0 saturated carbocycles. The molecule has 0 amide bonds. The van der Waals surface area contributed by atoms with E-state index in [9.17, 15) is 4.79 Å². The molecule has 0 unspecified atom stereocenters. The van der Waals surface area contributed by atoms with Gasteiger partial charge in [-0.25, -0.2) is 0 Å². The molecule has 0 aromatic heterocycles. The summed E-state index contributed by atoms with van der Waals surface area (Å²) in [6.45, 7) is 3.71. The van der Waals surface area contributed by atoms with Crippen molar-refractivity contribution in [1.82, 2.24) is 0 Å². The molecule has 0 N–H and O–H groups in total. The number of carbonyl (C=O) groups is 1. The van der Waals surface area contributed by atoms with E-state index in [0.717, 1.165) is 6.42 Å². The fraction of sp³-hybridized carbons (Fsp3) is 0.600. The van der Waals surface area contributed by atoms with E-state index in [0.29, 0.717) is 0 Å². The third-order valence-corrected chi connectivity index (χ3v) is 1.36. The second-order valence-electron chi connectivity index (χ2n) is 2.62. The summed E-state index contributed by atoms with van der Waals surface area (Å²) in [7, 11) is 0. The molecule has 0 aromatic carbocycles. The number of allylic oxidation sites excluding steroid dienone is 1. The summed E-state index contributed by atoms with van der Waals surface area (Å²) in [6, 6.07) is 0. The highest BCUT2D eigenvalue weighted by molar-refractivity contribution is 5.86. The van der Waals surface area contributed by atoms with Gasteiger partial charge in [-0.15, -0.1) is 5.73 Å². The number of carbonyl (C=O) groups excluding carboxylic acids is 1. The third kappa shape index (κ3) is 9.19. The molecular formula is C10H16O. The smallest absolute Gasteiger partial charge is 0.160 e. The van der Waals surface area contributed by atoms with Crippen molar-refractivity contribution in [2.45, 2.75) is 39.5 Å². The van der Waals surface area contributed by atoms with Crippen molar-refractivity contribution < 1.29 is 4.79 Å². The zero-order valence-corrected chi connectivity index (χ0v) is 7.39.